The zero-order valence-corrected chi connectivity index (χ0v) is 12.4. The van der Waals surface area contributed by atoms with Crippen LogP contribution < -0.4 is 5.73 Å². The average molecular weight is 269 g/mol. The summed E-state index contributed by atoms with van der Waals surface area (Å²) < 4.78 is 0. The van der Waals surface area contributed by atoms with Crippen LogP contribution in [-0.2, 0) is 0 Å². The van der Waals surface area contributed by atoms with Gasteiger partial charge in [0.25, 0.3) is 0 Å². The number of nitrogens with two attached hydrogens (primary N) is 1. The summed E-state index contributed by atoms with van der Waals surface area (Å²) >= 11 is 0. The van der Waals surface area contributed by atoms with E-state index in [0.29, 0.717) is 12.5 Å². The first-order valence-electron chi connectivity index (χ1n) is 7.08. The number of benzene rings is 2. The van der Waals surface area contributed by atoms with E-state index in [9.17, 15) is 5.11 Å². The summed E-state index contributed by atoms with van der Waals surface area (Å²) in [5, 5.41) is 10.6. The predicted octanol–water partition coefficient (Wildman–Crippen LogP) is 3.45. The monoisotopic (exact) mass is 269 g/mol. The maximum Gasteiger partial charge on any atom is 0.104 e. The van der Waals surface area contributed by atoms with Gasteiger partial charge < -0.3 is 10.8 Å². The van der Waals surface area contributed by atoms with E-state index in [1.807, 2.05) is 26.0 Å². The molecule has 2 nitrogen and oxygen atoms in total. The molecule has 3 N–H and O–H groups in total. The Morgan fingerprint density at radius 2 is 1.60 bits per heavy atom. The summed E-state index contributed by atoms with van der Waals surface area (Å²) in [7, 11) is 0. The minimum atomic E-state index is -0.572. The molecule has 0 heterocycles. The van der Waals surface area contributed by atoms with Crippen LogP contribution in [0.1, 0.15) is 46.8 Å². The lowest BCUT2D eigenvalue weighted by Crippen LogP contribution is -2.09. The molecule has 0 spiro atoms. The van der Waals surface area contributed by atoms with Crippen LogP contribution in [0.15, 0.2) is 42.5 Å². The van der Waals surface area contributed by atoms with E-state index in [1.165, 1.54) is 5.56 Å². The molecule has 0 amide bonds. The number of hydrogen-bond donors (Lipinski definition) is 2. The normalized spacial score (nSPS) is 14.1. The fraction of sp³-hybridized carbons (Fsp3) is 0.333. The Kier molecular flexibility index (Phi) is 4.58. The number of aliphatic hydroxyl groups excluding tert-OH is 1. The second-order valence-corrected chi connectivity index (χ2v) is 5.57. The van der Waals surface area contributed by atoms with Gasteiger partial charge >= 0.3 is 0 Å². The average Bonchev–Trinajstić information content (AvgIpc) is 2.48. The van der Waals surface area contributed by atoms with Gasteiger partial charge in [-0.1, -0.05) is 55.0 Å². The van der Waals surface area contributed by atoms with Crippen molar-refractivity contribution in [3.63, 3.8) is 0 Å². The molecular formula is C18H23NO. The fourth-order valence-corrected chi connectivity index (χ4v) is 2.38. The second kappa shape index (κ2) is 6.21. The van der Waals surface area contributed by atoms with Crippen molar-refractivity contribution in [1.82, 2.24) is 0 Å². The highest BCUT2D eigenvalue weighted by Crippen LogP contribution is 2.26. The van der Waals surface area contributed by atoms with Crippen LogP contribution in [0.2, 0.25) is 0 Å². The Bertz CT molecular complexity index is 574. The zero-order valence-electron chi connectivity index (χ0n) is 12.4. The van der Waals surface area contributed by atoms with E-state index < -0.39 is 6.10 Å². The minimum absolute atomic E-state index is 0.349. The van der Waals surface area contributed by atoms with Gasteiger partial charge in [-0.25, -0.2) is 0 Å². The number of hydrogen-bond acceptors (Lipinski definition) is 2. The number of aliphatic hydroxyl groups is 1. The third kappa shape index (κ3) is 3.09. The van der Waals surface area contributed by atoms with Crippen molar-refractivity contribution in [3.05, 3.63) is 70.3 Å². The van der Waals surface area contributed by atoms with Crippen LogP contribution in [0, 0.1) is 13.8 Å². The quantitative estimate of drug-likeness (QED) is 0.893. The van der Waals surface area contributed by atoms with Crippen molar-refractivity contribution in [2.45, 2.75) is 32.8 Å². The molecule has 2 unspecified atom stereocenters. The van der Waals surface area contributed by atoms with Gasteiger partial charge in [-0.15, -0.1) is 0 Å². The van der Waals surface area contributed by atoms with Crippen molar-refractivity contribution >= 4 is 0 Å². The molecule has 2 heteroatoms. The first-order chi connectivity index (χ1) is 9.52. The van der Waals surface area contributed by atoms with Crippen molar-refractivity contribution in [2.24, 2.45) is 5.73 Å². The third-order valence-corrected chi connectivity index (χ3v) is 3.90. The first-order valence-corrected chi connectivity index (χ1v) is 7.08. The smallest absolute Gasteiger partial charge is 0.104 e. The van der Waals surface area contributed by atoms with E-state index in [4.69, 9.17) is 5.73 Å². The summed E-state index contributed by atoms with van der Waals surface area (Å²) in [5.74, 6) is 0.349. The zero-order chi connectivity index (χ0) is 14.7. The predicted molar refractivity (Wildman–Crippen MR) is 83.9 cm³/mol. The fourth-order valence-electron chi connectivity index (χ4n) is 2.38. The Morgan fingerprint density at radius 1 is 1.00 bits per heavy atom. The van der Waals surface area contributed by atoms with Gasteiger partial charge in [0.2, 0.25) is 0 Å². The van der Waals surface area contributed by atoms with Gasteiger partial charge in [0.15, 0.2) is 0 Å². The van der Waals surface area contributed by atoms with E-state index in [2.05, 4.69) is 37.3 Å². The molecular weight excluding hydrogens is 246 g/mol. The van der Waals surface area contributed by atoms with Crippen LogP contribution in [0.4, 0.5) is 0 Å². The molecule has 2 aromatic rings. The Balaban J connectivity index is 2.29. The van der Waals surface area contributed by atoms with Gasteiger partial charge in [0, 0.05) is 0 Å². The third-order valence-electron chi connectivity index (χ3n) is 3.90. The molecule has 0 aliphatic carbocycles. The van der Waals surface area contributed by atoms with Crippen molar-refractivity contribution in [2.75, 3.05) is 6.54 Å². The van der Waals surface area contributed by atoms with Gasteiger partial charge in [-0.05, 0) is 48.6 Å². The second-order valence-electron chi connectivity index (χ2n) is 5.57. The maximum atomic E-state index is 10.6. The molecule has 2 aromatic carbocycles. The Labute approximate surface area is 121 Å². The topological polar surface area (TPSA) is 46.2 Å². The maximum absolute atomic E-state index is 10.6. The van der Waals surface area contributed by atoms with E-state index in [1.54, 1.807) is 0 Å². The van der Waals surface area contributed by atoms with Crippen LogP contribution >= 0.6 is 0 Å². The van der Waals surface area contributed by atoms with Crippen LogP contribution in [0.25, 0.3) is 0 Å². The molecule has 0 bridgehead atoms. The molecule has 106 valence electrons. The molecule has 0 saturated heterocycles. The molecule has 20 heavy (non-hydrogen) atoms. The van der Waals surface area contributed by atoms with E-state index in [-0.39, 0.29) is 0 Å². The van der Waals surface area contributed by atoms with Crippen molar-refractivity contribution < 1.29 is 5.11 Å². The SMILES string of the molecule is Cc1ccc(C)c(C(O)c2ccc(C(C)CN)cc2)c1. The summed E-state index contributed by atoms with van der Waals surface area (Å²) in [6.07, 6.45) is -0.572. The lowest BCUT2D eigenvalue weighted by molar-refractivity contribution is 0.219. The Hall–Kier alpha value is -1.64. The highest BCUT2D eigenvalue weighted by molar-refractivity contribution is 5.38. The van der Waals surface area contributed by atoms with Gasteiger partial charge in [-0.3, -0.25) is 0 Å². The molecule has 2 atom stereocenters. The molecule has 0 aromatic heterocycles. The van der Waals surface area contributed by atoms with Crippen LogP contribution in [0.5, 0.6) is 0 Å². The summed E-state index contributed by atoms with van der Waals surface area (Å²) in [6.45, 7) is 6.82. The van der Waals surface area contributed by atoms with Crippen LogP contribution in [-0.4, -0.2) is 11.7 Å². The lowest BCUT2D eigenvalue weighted by Gasteiger charge is -2.16. The highest BCUT2D eigenvalue weighted by atomic mass is 16.3. The van der Waals surface area contributed by atoms with E-state index in [0.717, 1.165) is 22.3 Å². The molecule has 0 aliphatic heterocycles. The molecule has 0 radical (unpaired) electrons. The first kappa shape index (κ1) is 14.8. The standard InChI is InChI=1S/C18H23NO/c1-12-4-5-13(2)17(10-12)18(20)16-8-6-15(7-9-16)14(3)11-19/h4-10,14,18,20H,11,19H2,1-3H3. The molecule has 0 fully saturated rings. The van der Waals surface area contributed by atoms with Crippen molar-refractivity contribution in [3.8, 4) is 0 Å². The Morgan fingerprint density at radius 3 is 2.20 bits per heavy atom. The minimum Gasteiger partial charge on any atom is -0.384 e. The summed E-state index contributed by atoms with van der Waals surface area (Å²) in [6, 6.07) is 14.3. The van der Waals surface area contributed by atoms with Gasteiger partial charge in [0.05, 0.1) is 0 Å². The molecule has 0 saturated carbocycles. The van der Waals surface area contributed by atoms with Crippen LogP contribution in [0.3, 0.4) is 0 Å². The summed E-state index contributed by atoms with van der Waals surface area (Å²) in [5.41, 5.74) is 11.1. The van der Waals surface area contributed by atoms with Gasteiger partial charge in [0.1, 0.15) is 6.10 Å². The molecule has 0 aliphatic rings. The largest absolute Gasteiger partial charge is 0.384 e. The van der Waals surface area contributed by atoms with Crippen molar-refractivity contribution in [1.29, 1.82) is 0 Å². The molecule has 2 rings (SSSR count). The van der Waals surface area contributed by atoms with Gasteiger partial charge in [-0.2, -0.15) is 0 Å². The summed E-state index contributed by atoms with van der Waals surface area (Å²) in [4.78, 5) is 0. The highest BCUT2D eigenvalue weighted by Gasteiger charge is 2.13. The lowest BCUT2D eigenvalue weighted by atomic mass is 9.93. The number of aryl methyl sites for hydroxylation is 2. The number of rotatable bonds is 4. The van der Waals surface area contributed by atoms with E-state index >= 15 is 0 Å².